The maximum absolute atomic E-state index is 9.87. The number of aromatic nitrogens is 2. The van der Waals surface area contributed by atoms with Gasteiger partial charge in [-0.15, -0.1) is 0 Å². The number of carbonyl (C=O) groups excluding carboxylic acids is 1. The van der Waals surface area contributed by atoms with E-state index in [1.807, 2.05) is 0 Å². The molecule has 5 heteroatoms. The van der Waals surface area contributed by atoms with Gasteiger partial charge in [-0.1, -0.05) is 0 Å². The molecule has 0 aliphatic heterocycles. The van der Waals surface area contributed by atoms with Crippen LogP contribution in [0.5, 0.6) is 0 Å². The number of Topliss-reactive ketones (excluding diaryl/α,β-unsaturated/α-hetero) is 1. The molecule has 0 aliphatic carbocycles. The van der Waals surface area contributed by atoms with Crippen LogP contribution in [0.4, 0.5) is 0 Å². The van der Waals surface area contributed by atoms with Gasteiger partial charge in [0.05, 0.1) is 6.33 Å². The van der Waals surface area contributed by atoms with Crippen molar-refractivity contribution in [3.05, 3.63) is 18.7 Å². The van der Waals surface area contributed by atoms with Crippen molar-refractivity contribution in [2.45, 2.75) is 13.3 Å². The van der Waals surface area contributed by atoms with Crippen LogP contribution in [0, 0.1) is 0 Å². The number of imidazole rings is 1. The number of carboxylic acid groups (broad SMARTS) is 1. The minimum absolute atomic E-state index is 0.312. The SMILES string of the molecule is CC(=O)CC(=O)O.c1c[nH]cn1. The number of rotatable bonds is 2. The second-order valence-electron chi connectivity index (χ2n) is 2.03. The molecule has 0 fully saturated rings. The van der Waals surface area contributed by atoms with Crippen molar-refractivity contribution in [3.8, 4) is 0 Å². The zero-order chi connectivity index (χ0) is 9.40. The summed E-state index contributed by atoms with van der Waals surface area (Å²) < 4.78 is 0. The highest BCUT2D eigenvalue weighted by Gasteiger charge is 1.98. The maximum atomic E-state index is 9.87. The van der Waals surface area contributed by atoms with Gasteiger partial charge in [-0.25, -0.2) is 4.98 Å². The standard InChI is InChI=1S/C4H6O3.C3H4N2/c1-3(5)2-4(6)7;1-2-5-3-4-1/h2H2,1H3,(H,6,7);1-3H,(H,4,5). The van der Waals surface area contributed by atoms with Gasteiger partial charge >= 0.3 is 5.97 Å². The van der Waals surface area contributed by atoms with E-state index in [0.29, 0.717) is 0 Å². The van der Waals surface area contributed by atoms with E-state index in [4.69, 9.17) is 5.11 Å². The Balaban J connectivity index is 0.000000211. The van der Waals surface area contributed by atoms with Crippen LogP contribution < -0.4 is 0 Å². The summed E-state index contributed by atoms with van der Waals surface area (Å²) in [5, 5.41) is 7.86. The fourth-order valence-electron chi connectivity index (χ4n) is 0.428. The average molecular weight is 170 g/mol. The number of hydrogen-bond donors (Lipinski definition) is 2. The van der Waals surface area contributed by atoms with Gasteiger partial charge in [0.25, 0.3) is 0 Å². The highest BCUT2D eigenvalue weighted by molar-refractivity contribution is 5.93. The maximum Gasteiger partial charge on any atom is 0.310 e. The van der Waals surface area contributed by atoms with Gasteiger partial charge in [-0.3, -0.25) is 9.59 Å². The van der Waals surface area contributed by atoms with Crippen molar-refractivity contribution in [3.63, 3.8) is 0 Å². The third-order valence-electron chi connectivity index (χ3n) is 0.806. The summed E-state index contributed by atoms with van der Waals surface area (Å²) in [7, 11) is 0. The lowest BCUT2D eigenvalue weighted by atomic mass is 10.3. The molecule has 0 spiro atoms. The molecule has 1 aromatic rings. The zero-order valence-corrected chi connectivity index (χ0v) is 6.65. The first kappa shape index (κ1) is 10.3. The molecule has 12 heavy (non-hydrogen) atoms. The Kier molecular flexibility index (Phi) is 5.25. The van der Waals surface area contributed by atoms with Crippen LogP contribution in [0.1, 0.15) is 13.3 Å². The molecular weight excluding hydrogens is 160 g/mol. The van der Waals surface area contributed by atoms with Gasteiger partial charge < -0.3 is 10.1 Å². The van der Waals surface area contributed by atoms with E-state index in [2.05, 4.69) is 9.97 Å². The van der Waals surface area contributed by atoms with Crippen LogP contribution in [0.15, 0.2) is 18.7 Å². The van der Waals surface area contributed by atoms with Crippen molar-refractivity contribution in [2.75, 3.05) is 0 Å². The molecule has 0 aromatic carbocycles. The van der Waals surface area contributed by atoms with Crippen LogP contribution in [0.25, 0.3) is 0 Å². The minimum atomic E-state index is -1.06. The number of carboxylic acids is 1. The Morgan fingerprint density at radius 1 is 1.58 bits per heavy atom. The Morgan fingerprint density at radius 2 is 2.25 bits per heavy atom. The number of H-pyrrole nitrogens is 1. The minimum Gasteiger partial charge on any atom is -0.481 e. The van der Waals surface area contributed by atoms with Crippen molar-refractivity contribution in [1.82, 2.24) is 9.97 Å². The van der Waals surface area contributed by atoms with E-state index in [0.717, 1.165) is 0 Å². The summed E-state index contributed by atoms with van der Waals surface area (Å²) >= 11 is 0. The third-order valence-corrected chi connectivity index (χ3v) is 0.806. The van der Waals surface area contributed by atoms with E-state index >= 15 is 0 Å². The van der Waals surface area contributed by atoms with Crippen molar-refractivity contribution < 1.29 is 14.7 Å². The fraction of sp³-hybridized carbons (Fsp3) is 0.286. The summed E-state index contributed by atoms with van der Waals surface area (Å²) in [5.74, 6) is -1.37. The molecule has 5 nitrogen and oxygen atoms in total. The average Bonchev–Trinajstić information content (AvgIpc) is 2.36. The first-order chi connectivity index (χ1) is 5.63. The molecule has 0 saturated carbocycles. The molecule has 0 saturated heterocycles. The molecule has 0 bridgehead atoms. The first-order valence-electron chi connectivity index (χ1n) is 3.27. The Bertz CT molecular complexity index is 202. The molecule has 2 N–H and O–H groups in total. The molecule has 1 heterocycles. The Morgan fingerprint density at radius 3 is 2.33 bits per heavy atom. The second-order valence-corrected chi connectivity index (χ2v) is 2.03. The number of carbonyl (C=O) groups is 2. The number of aromatic amines is 1. The number of ketones is 1. The van der Waals surface area contributed by atoms with E-state index in [9.17, 15) is 9.59 Å². The lowest BCUT2D eigenvalue weighted by Gasteiger charge is -1.80. The van der Waals surface area contributed by atoms with Crippen molar-refractivity contribution >= 4 is 11.8 Å². The van der Waals surface area contributed by atoms with Crippen molar-refractivity contribution in [2.24, 2.45) is 0 Å². The smallest absolute Gasteiger partial charge is 0.310 e. The Hall–Kier alpha value is -1.65. The van der Waals surface area contributed by atoms with Crippen LogP contribution in [0.3, 0.4) is 0 Å². The quantitative estimate of drug-likeness (QED) is 0.631. The van der Waals surface area contributed by atoms with E-state index in [-0.39, 0.29) is 12.2 Å². The first-order valence-corrected chi connectivity index (χ1v) is 3.27. The summed E-state index contributed by atoms with van der Waals surface area (Å²) in [4.78, 5) is 25.9. The zero-order valence-electron chi connectivity index (χ0n) is 6.65. The lowest BCUT2D eigenvalue weighted by molar-refractivity contribution is -0.139. The van der Waals surface area contributed by atoms with Crippen LogP contribution in [0.2, 0.25) is 0 Å². The van der Waals surface area contributed by atoms with Gasteiger partial charge in [-0.05, 0) is 6.92 Å². The third kappa shape index (κ3) is 8.35. The van der Waals surface area contributed by atoms with Gasteiger partial charge in [0.15, 0.2) is 0 Å². The number of aliphatic carboxylic acids is 1. The molecular formula is C7H10N2O3. The molecule has 0 atom stereocenters. The molecule has 0 radical (unpaired) electrons. The normalized spacial score (nSPS) is 8.08. The second kappa shape index (κ2) is 6.09. The summed E-state index contributed by atoms with van der Waals surface area (Å²) in [6, 6.07) is 0. The van der Waals surface area contributed by atoms with E-state index in [1.54, 1.807) is 18.7 Å². The summed E-state index contributed by atoms with van der Waals surface area (Å²) in [6.07, 6.45) is 4.72. The molecule has 0 unspecified atom stereocenters. The van der Waals surface area contributed by atoms with Crippen molar-refractivity contribution in [1.29, 1.82) is 0 Å². The van der Waals surface area contributed by atoms with Gasteiger partial charge in [0, 0.05) is 12.4 Å². The molecule has 1 rings (SSSR count). The highest BCUT2D eigenvalue weighted by atomic mass is 16.4. The topological polar surface area (TPSA) is 83.0 Å². The molecule has 66 valence electrons. The summed E-state index contributed by atoms with van der Waals surface area (Å²) in [5.41, 5.74) is 0. The number of nitrogens with zero attached hydrogens (tertiary/aromatic N) is 1. The molecule has 1 aromatic heterocycles. The van der Waals surface area contributed by atoms with Gasteiger partial charge in [-0.2, -0.15) is 0 Å². The van der Waals surface area contributed by atoms with Crippen LogP contribution >= 0.6 is 0 Å². The lowest BCUT2D eigenvalue weighted by Crippen LogP contribution is -2.00. The predicted molar refractivity (Wildman–Crippen MR) is 41.5 cm³/mol. The molecule has 0 amide bonds. The van der Waals surface area contributed by atoms with E-state index < -0.39 is 5.97 Å². The number of hydrogen-bond acceptors (Lipinski definition) is 3. The van der Waals surface area contributed by atoms with Gasteiger partial charge in [0.1, 0.15) is 12.2 Å². The predicted octanol–water partition coefficient (Wildman–Crippen LogP) is 0.460. The highest BCUT2D eigenvalue weighted by Crippen LogP contribution is 1.77. The van der Waals surface area contributed by atoms with Gasteiger partial charge in [0.2, 0.25) is 0 Å². The summed E-state index contributed by atoms with van der Waals surface area (Å²) in [6.45, 7) is 1.24. The van der Waals surface area contributed by atoms with E-state index in [1.165, 1.54) is 6.92 Å². The van der Waals surface area contributed by atoms with Crippen LogP contribution in [-0.2, 0) is 9.59 Å². The number of nitrogens with one attached hydrogen (secondary N) is 1. The molecule has 0 aliphatic rings. The largest absolute Gasteiger partial charge is 0.481 e. The monoisotopic (exact) mass is 170 g/mol. The fourth-order valence-corrected chi connectivity index (χ4v) is 0.428. The van der Waals surface area contributed by atoms with Crippen LogP contribution in [-0.4, -0.2) is 26.8 Å². The Labute approximate surface area is 69.4 Å².